The second-order valence-corrected chi connectivity index (χ2v) is 7.14. The fourth-order valence-corrected chi connectivity index (χ4v) is 3.44. The van der Waals surface area contributed by atoms with Gasteiger partial charge in [-0.05, 0) is 59.5 Å². The van der Waals surface area contributed by atoms with E-state index < -0.39 is 0 Å². The van der Waals surface area contributed by atoms with Crippen molar-refractivity contribution in [1.82, 2.24) is 0 Å². The summed E-state index contributed by atoms with van der Waals surface area (Å²) in [7, 11) is 0. The van der Waals surface area contributed by atoms with Gasteiger partial charge in [-0.2, -0.15) is 0 Å². The Labute approximate surface area is 170 Å². The van der Waals surface area contributed by atoms with E-state index in [0.29, 0.717) is 10.6 Å². The van der Waals surface area contributed by atoms with E-state index in [4.69, 9.17) is 11.6 Å². The van der Waals surface area contributed by atoms with Crippen LogP contribution in [0.2, 0.25) is 5.02 Å². The van der Waals surface area contributed by atoms with Gasteiger partial charge in [0, 0.05) is 16.3 Å². The molecule has 1 amide bonds. The summed E-state index contributed by atoms with van der Waals surface area (Å²) in [5.41, 5.74) is 5.61. The van der Waals surface area contributed by atoms with Gasteiger partial charge in [0.2, 0.25) is 0 Å². The normalized spacial score (nSPS) is 15.2. The van der Waals surface area contributed by atoms with Crippen LogP contribution in [-0.4, -0.2) is 5.91 Å². The number of nitrogens with zero attached hydrogens (tertiary/aromatic N) is 1. The number of carbonyl (C=O) groups is 1. The Morgan fingerprint density at radius 1 is 0.893 bits per heavy atom. The maximum Gasteiger partial charge on any atom is 0.262 e. The Morgan fingerprint density at radius 3 is 2.21 bits per heavy atom. The van der Waals surface area contributed by atoms with Gasteiger partial charge < -0.3 is 0 Å². The Bertz CT molecular complexity index is 1050. The van der Waals surface area contributed by atoms with Crippen LogP contribution in [0, 0.1) is 0 Å². The highest BCUT2D eigenvalue weighted by Crippen LogP contribution is 2.35. The predicted octanol–water partition coefficient (Wildman–Crippen LogP) is 6.37. The van der Waals surface area contributed by atoms with Gasteiger partial charge >= 0.3 is 0 Å². The number of anilines is 1. The SMILES string of the molecule is CCc1ccc(N2C(=O)/C(=C/c3ccc(Cl)cc3)C=C2c2ccccc2)cc1. The molecule has 3 heteroatoms. The van der Waals surface area contributed by atoms with E-state index in [9.17, 15) is 4.79 Å². The smallest absolute Gasteiger partial charge is 0.262 e. The van der Waals surface area contributed by atoms with Crippen LogP contribution < -0.4 is 4.90 Å². The average Bonchev–Trinajstić information content (AvgIpc) is 3.06. The molecule has 3 aromatic rings. The van der Waals surface area contributed by atoms with E-state index in [1.54, 1.807) is 4.90 Å². The minimum Gasteiger partial charge on any atom is -0.276 e. The first-order chi connectivity index (χ1) is 13.7. The number of amides is 1. The molecule has 2 nitrogen and oxygen atoms in total. The lowest BCUT2D eigenvalue weighted by molar-refractivity contribution is -0.113. The highest BCUT2D eigenvalue weighted by Gasteiger charge is 2.30. The van der Waals surface area contributed by atoms with Crippen molar-refractivity contribution in [2.45, 2.75) is 13.3 Å². The fourth-order valence-electron chi connectivity index (χ4n) is 3.31. The van der Waals surface area contributed by atoms with Crippen molar-refractivity contribution in [3.63, 3.8) is 0 Å². The summed E-state index contributed by atoms with van der Waals surface area (Å²) in [6.07, 6.45) is 4.83. The zero-order valence-electron chi connectivity index (χ0n) is 15.6. The summed E-state index contributed by atoms with van der Waals surface area (Å²) in [6.45, 7) is 2.12. The van der Waals surface area contributed by atoms with Crippen molar-refractivity contribution in [2.24, 2.45) is 0 Å². The van der Waals surface area contributed by atoms with Crippen molar-refractivity contribution in [3.05, 3.63) is 112 Å². The molecule has 138 valence electrons. The first-order valence-electron chi connectivity index (χ1n) is 9.33. The van der Waals surface area contributed by atoms with Crippen LogP contribution in [0.1, 0.15) is 23.6 Å². The van der Waals surface area contributed by atoms with Crippen LogP contribution >= 0.6 is 11.6 Å². The Kier molecular flexibility index (Phi) is 5.14. The topological polar surface area (TPSA) is 20.3 Å². The lowest BCUT2D eigenvalue weighted by Gasteiger charge is -2.21. The van der Waals surface area contributed by atoms with Crippen LogP contribution in [0.15, 0.2) is 90.5 Å². The molecule has 0 radical (unpaired) electrons. The van der Waals surface area contributed by atoms with E-state index in [0.717, 1.165) is 28.9 Å². The van der Waals surface area contributed by atoms with Crippen LogP contribution in [0.3, 0.4) is 0 Å². The van der Waals surface area contributed by atoms with Crippen molar-refractivity contribution in [2.75, 3.05) is 4.90 Å². The molecular weight excluding hydrogens is 366 g/mol. The molecule has 0 bridgehead atoms. The molecule has 0 atom stereocenters. The Hall–Kier alpha value is -3.10. The monoisotopic (exact) mass is 385 g/mol. The highest BCUT2D eigenvalue weighted by atomic mass is 35.5. The molecule has 0 fully saturated rings. The summed E-state index contributed by atoms with van der Waals surface area (Å²) in [5.74, 6) is -0.0296. The number of benzene rings is 3. The van der Waals surface area contributed by atoms with E-state index in [-0.39, 0.29) is 5.91 Å². The molecule has 0 unspecified atom stereocenters. The third kappa shape index (κ3) is 3.64. The van der Waals surface area contributed by atoms with Gasteiger partial charge in [-0.3, -0.25) is 9.69 Å². The number of hydrogen-bond donors (Lipinski definition) is 0. The molecule has 3 aromatic carbocycles. The zero-order chi connectivity index (χ0) is 19.5. The number of hydrogen-bond acceptors (Lipinski definition) is 1. The summed E-state index contributed by atoms with van der Waals surface area (Å²) in [6, 6.07) is 25.7. The molecule has 0 saturated carbocycles. The van der Waals surface area contributed by atoms with Crippen molar-refractivity contribution in [1.29, 1.82) is 0 Å². The van der Waals surface area contributed by atoms with Crippen LogP contribution in [0.5, 0.6) is 0 Å². The van der Waals surface area contributed by atoms with Crippen LogP contribution in [0.25, 0.3) is 11.8 Å². The maximum absolute atomic E-state index is 13.3. The third-order valence-electron chi connectivity index (χ3n) is 4.85. The van der Waals surface area contributed by atoms with Gasteiger partial charge in [-0.25, -0.2) is 0 Å². The standard InChI is InChI=1S/C25H20ClNO/c1-2-18-10-14-23(15-11-18)27-24(20-6-4-3-5-7-20)17-21(25(27)28)16-19-8-12-22(26)13-9-19/h3-17H,2H2,1H3/b21-16+. The average molecular weight is 386 g/mol. The number of halogens is 1. The molecule has 0 aromatic heterocycles. The molecule has 1 aliphatic heterocycles. The minimum absolute atomic E-state index is 0.0296. The molecule has 0 spiro atoms. The van der Waals surface area contributed by atoms with E-state index in [1.165, 1.54) is 5.56 Å². The second kappa shape index (κ2) is 7.87. The summed E-state index contributed by atoms with van der Waals surface area (Å²) < 4.78 is 0. The molecule has 4 rings (SSSR count). The van der Waals surface area contributed by atoms with Gasteiger partial charge in [0.15, 0.2) is 0 Å². The molecular formula is C25H20ClNO. The quantitative estimate of drug-likeness (QED) is 0.477. The fraction of sp³-hybridized carbons (Fsp3) is 0.0800. The van der Waals surface area contributed by atoms with Gasteiger partial charge in [0.1, 0.15) is 0 Å². The minimum atomic E-state index is -0.0296. The maximum atomic E-state index is 13.3. The second-order valence-electron chi connectivity index (χ2n) is 6.71. The van der Waals surface area contributed by atoms with Crippen molar-refractivity contribution in [3.8, 4) is 0 Å². The van der Waals surface area contributed by atoms with Crippen molar-refractivity contribution >= 4 is 35.0 Å². The lowest BCUT2D eigenvalue weighted by atomic mass is 10.1. The van der Waals surface area contributed by atoms with Gasteiger partial charge in [-0.1, -0.05) is 73.1 Å². The van der Waals surface area contributed by atoms with E-state index >= 15 is 0 Å². The van der Waals surface area contributed by atoms with Crippen molar-refractivity contribution < 1.29 is 4.79 Å². The molecule has 0 aliphatic carbocycles. The Balaban J connectivity index is 1.79. The zero-order valence-corrected chi connectivity index (χ0v) is 16.4. The summed E-state index contributed by atoms with van der Waals surface area (Å²) >= 11 is 5.98. The molecule has 1 heterocycles. The van der Waals surface area contributed by atoms with Gasteiger partial charge in [0.05, 0.1) is 5.70 Å². The number of aryl methyl sites for hydroxylation is 1. The first-order valence-corrected chi connectivity index (χ1v) is 9.71. The number of rotatable bonds is 4. The van der Waals surface area contributed by atoms with E-state index in [1.807, 2.05) is 78.9 Å². The summed E-state index contributed by atoms with van der Waals surface area (Å²) in [4.78, 5) is 15.1. The lowest BCUT2D eigenvalue weighted by Crippen LogP contribution is -2.24. The molecule has 0 N–H and O–H groups in total. The molecule has 1 aliphatic rings. The molecule has 0 saturated heterocycles. The largest absolute Gasteiger partial charge is 0.276 e. The summed E-state index contributed by atoms with van der Waals surface area (Å²) in [5, 5.41) is 0.679. The predicted molar refractivity (Wildman–Crippen MR) is 117 cm³/mol. The van der Waals surface area contributed by atoms with E-state index in [2.05, 4.69) is 19.1 Å². The molecule has 28 heavy (non-hydrogen) atoms. The van der Waals surface area contributed by atoms with Gasteiger partial charge in [0.25, 0.3) is 5.91 Å². The van der Waals surface area contributed by atoms with Crippen LogP contribution in [0.4, 0.5) is 5.69 Å². The highest BCUT2D eigenvalue weighted by molar-refractivity contribution is 6.30. The first kappa shape index (κ1) is 18.3. The third-order valence-corrected chi connectivity index (χ3v) is 5.10. The number of carbonyl (C=O) groups excluding carboxylic acids is 1. The Morgan fingerprint density at radius 2 is 1.57 bits per heavy atom. The van der Waals surface area contributed by atoms with Gasteiger partial charge in [-0.15, -0.1) is 0 Å². The van der Waals surface area contributed by atoms with Crippen LogP contribution in [-0.2, 0) is 11.2 Å².